The summed E-state index contributed by atoms with van der Waals surface area (Å²) in [6.07, 6.45) is 0. The Bertz CT molecular complexity index is 980. The van der Waals surface area contributed by atoms with Crippen molar-refractivity contribution in [3.8, 4) is 0 Å². The zero-order valence-electron chi connectivity index (χ0n) is 17.0. The van der Waals surface area contributed by atoms with Gasteiger partial charge < -0.3 is 14.4 Å². The summed E-state index contributed by atoms with van der Waals surface area (Å²) in [5.74, 6) is 0.756. The average Bonchev–Trinajstić information content (AvgIpc) is 3.16. The average molecular weight is 412 g/mol. The Hall–Kier alpha value is -2.80. The third-order valence-corrected chi connectivity index (χ3v) is 5.20. The molecule has 0 saturated carbocycles. The predicted molar refractivity (Wildman–Crippen MR) is 115 cm³/mol. The van der Waals surface area contributed by atoms with Crippen LogP contribution >= 0.6 is 11.8 Å². The van der Waals surface area contributed by atoms with E-state index in [1.165, 1.54) is 23.4 Å². The molecule has 29 heavy (non-hydrogen) atoms. The highest BCUT2D eigenvalue weighted by atomic mass is 32.2. The zero-order chi connectivity index (χ0) is 21.0. The van der Waals surface area contributed by atoms with Gasteiger partial charge in [0.15, 0.2) is 5.16 Å². The highest BCUT2D eigenvalue weighted by Crippen LogP contribution is 2.29. The van der Waals surface area contributed by atoms with Gasteiger partial charge in [-0.1, -0.05) is 62.9 Å². The van der Waals surface area contributed by atoms with Crippen molar-refractivity contribution in [1.29, 1.82) is 0 Å². The minimum absolute atomic E-state index is 0.0618. The van der Waals surface area contributed by atoms with Gasteiger partial charge in [0.25, 0.3) is 0 Å². The number of hydrogen-bond donors (Lipinski definition) is 1. The van der Waals surface area contributed by atoms with Crippen LogP contribution in [0.4, 0.5) is 5.82 Å². The Morgan fingerprint density at radius 3 is 2.48 bits per heavy atom. The second-order valence-corrected chi connectivity index (χ2v) is 8.79. The van der Waals surface area contributed by atoms with Crippen molar-refractivity contribution in [3.05, 3.63) is 71.3 Å². The van der Waals surface area contributed by atoms with Gasteiger partial charge in [0, 0.05) is 25.1 Å². The normalized spacial score (nSPS) is 11.4. The van der Waals surface area contributed by atoms with Crippen LogP contribution in [0.5, 0.6) is 0 Å². The Kier molecular flexibility index (Phi) is 6.27. The number of carboxylic acid groups (broad SMARTS) is 1. The number of benzene rings is 1. The molecule has 3 rings (SSSR count). The van der Waals surface area contributed by atoms with E-state index in [0.29, 0.717) is 16.7 Å². The predicted octanol–water partition coefficient (Wildman–Crippen LogP) is 4.99. The minimum atomic E-state index is -1.07. The fraction of sp³-hybridized carbons (Fsp3) is 0.318. The van der Waals surface area contributed by atoms with E-state index < -0.39 is 5.97 Å². The number of aromatic carboxylic acids is 1. The summed E-state index contributed by atoms with van der Waals surface area (Å²) in [6.45, 7) is 7.11. The van der Waals surface area contributed by atoms with Gasteiger partial charge in [-0.25, -0.2) is 14.8 Å². The number of anilines is 1. The van der Waals surface area contributed by atoms with E-state index in [2.05, 4.69) is 37.8 Å². The third-order valence-electron chi connectivity index (χ3n) is 4.33. The molecule has 0 atom stereocenters. The summed E-state index contributed by atoms with van der Waals surface area (Å²) in [4.78, 5) is 22.5. The van der Waals surface area contributed by atoms with Crippen molar-refractivity contribution in [1.82, 2.24) is 9.97 Å². The van der Waals surface area contributed by atoms with Gasteiger partial charge in [-0.15, -0.1) is 0 Å². The van der Waals surface area contributed by atoms with E-state index >= 15 is 0 Å². The highest BCUT2D eigenvalue weighted by molar-refractivity contribution is 7.98. The quantitative estimate of drug-likeness (QED) is 0.433. The molecule has 0 aliphatic rings. The Labute approximate surface area is 175 Å². The first-order valence-corrected chi connectivity index (χ1v) is 10.3. The Morgan fingerprint density at radius 1 is 1.14 bits per heavy atom. The van der Waals surface area contributed by atoms with Gasteiger partial charge in [-0.05, 0) is 17.7 Å². The lowest BCUT2D eigenvalue weighted by atomic mass is 9.92. The van der Waals surface area contributed by atoms with Gasteiger partial charge in [-0.2, -0.15) is 0 Å². The molecule has 0 fully saturated rings. The maximum absolute atomic E-state index is 11.0. The first-order valence-electron chi connectivity index (χ1n) is 9.32. The van der Waals surface area contributed by atoms with Crippen molar-refractivity contribution < 1.29 is 14.3 Å². The smallest absolute Gasteiger partial charge is 0.371 e. The molecule has 0 spiro atoms. The van der Waals surface area contributed by atoms with Gasteiger partial charge >= 0.3 is 5.97 Å². The number of nitrogens with zero attached hydrogens (tertiary/aromatic N) is 3. The monoisotopic (exact) mass is 411 g/mol. The molecule has 3 aromatic rings. The van der Waals surface area contributed by atoms with Crippen LogP contribution in [0.2, 0.25) is 0 Å². The van der Waals surface area contributed by atoms with Crippen molar-refractivity contribution >= 4 is 23.5 Å². The first-order chi connectivity index (χ1) is 13.7. The van der Waals surface area contributed by atoms with E-state index in [-0.39, 0.29) is 11.2 Å². The van der Waals surface area contributed by atoms with Crippen molar-refractivity contribution in [2.45, 2.75) is 43.6 Å². The molecule has 7 heteroatoms. The first kappa shape index (κ1) is 20.9. The topological polar surface area (TPSA) is 79.5 Å². The highest BCUT2D eigenvalue weighted by Gasteiger charge is 2.20. The Balaban J connectivity index is 1.82. The molecule has 2 aromatic heterocycles. The van der Waals surface area contributed by atoms with Crippen LogP contribution in [0.3, 0.4) is 0 Å². The number of carbonyl (C=O) groups is 1. The number of rotatable bonds is 7. The van der Waals surface area contributed by atoms with E-state index in [4.69, 9.17) is 19.5 Å². The number of thioether (sulfide) groups is 1. The van der Waals surface area contributed by atoms with E-state index in [9.17, 15) is 4.79 Å². The molecule has 0 aliphatic heterocycles. The molecule has 1 aromatic carbocycles. The third kappa shape index (κ3) is 5.60. The van der Waals surface area contributed by atoms with E-state index in [1.54, 1.807) is 6.07 Å². The summed E-state index contributed by atoms with van der Waals surface area (Å²) in [5, 5.41) is 9.64. The van der Waals surface area contributed by atoms with Crippen molar-refractivity contribution in [2.75, 3.05) is 11.9 Å². The maximum Gasteiger partial charge on any atom is 0.371 e. The van der Waals surface area contributed by atoms with Crippen LogP contribution in [-0.4, -0.2) is 28.1 Å². The zero-order valence-corrected chi connectivity index (χ0v) is 17.9. The molecule has 1 N–H and O–H groups in total. The van der Waals surface area contributed by atoms with Crippen molar-refractivity contribution in [3.63, 3.8) is 0 Å². The number of furan rings is 1. The lowest BCUT2D eigenvalue weighted by Gasteiger charge is -2.23. The second kappa shape index (κ2) is 8.69. The molecular formula is C22H25N3O3S. The SMILES string of the molecule is CN(Cc1ccccc1)c1cc(C(C)(C)C)nc(SCc2ccc(C(=O)O)o2)n1. The number of carboxylic acids is 1. The molecule has 0 aliphatic carbocycles. The summed E-state index contributed by atoms with van der Waals surface area (Å²) in [7, 11) is 2.02. The maximum atomic E-state index is 11.0. The van der Waals surface area contributed by atoms with Crippen LogP contribution in [0.1, 0.15) is 48.3 Å². The van der Waals surface area contributed by atoms with Gasteiger partial charge in [0.1, 0.15) is 11.6 Å². The molecule has 0 amide bonds. The molecule has 152 valence electrons. The Morgan fingerprint density at radius 2 is 1.86 bits per heavy atom. The molecule has 6 nitrogen and oxygen atoms in total. The summed E-state index contributed by atoms with van der Waals surface area (Å²) in [6, 6.07) is 15.4. The fourth-order valence-electron chi connectivity index (χ4n) is 2.70. The summed E-state index contributed by atoms with van der Waals surface area (Å²) >= 11 is 1.43. The number of aromatic nitrogens is 2. The van der Waals surface area contributed by atoms with E-state index in [1.807, 2.05) is 31.3 Å². The molecule has 0 bridgehead atoms. The summed E-state index contributed by atoms with van der Waals surface area (Å²) in [5.41, 5.74) is 2.04. The molecule has 2 heterocycles. The van der Waals surface area contributed by atoms with Crippen LogP contribution in [0.15, 0.2) is 58.1 Å². The molecule has 0 radical (unpaired) electrons. The largest absolute Gasteiger partial charge is 0.475 e. The molecular weight excluding hydrogens is 386 g/mol. The van der Waals surface area contributed by atoms with E-state index in [0.717, 1.165) is 18.1 Å². The van der Waals surface area contributed by atoms with Crippen LogP contribution in [0, 0.1) is 0 Å². The fourth-order valence-corrected chi connectivity index (χ4v) is 3.45. The van der Waals surface area contributed by atoms with Gasteiger partial charge in [0.2, 0.25) is 5.76 Å². The molecule has 0 saturated heterocycles. The summed E-state index contributed by atoms with van der Waals surface area (Å²) < 4.78 is 5.33. The number of hydrogen-bond acceptors (Lipinski definition) is 6. The van der Waals surface area contributed by atoms with Crippen molar-refractivity contribution in [2.24, 2.45) is 0 Å². The van der Waals surface area contributed by atoms with Crippen LogP contribution in [0.25, 0.3) is 0 Å². The van der Waals surface area contributed by atoms with Gasteiger partial charge in [-0.3, -0.25) is 0 Å². The van der Waals surface area contributed by atoms with Gasteiger partial charge in [0.05, 0.1) is 11.4 Å². The lowest BCUT2D eigenvalue weighted by Crippen LogP contribution is -2.21. The standard InChI is InChI=1S/C22H25N3O3S/c1-22(2,3)18-12-19(25(4)13-15-8-6-5-7-9-15)24-21(23-18)29-14-16-10-11-17(28-16)20(26)27/h5-12H,13-14H2,1-4H3,(H,26,27). The minimum Gasteiger partial charge on any atom is -0.475 e. The second-order valence-electron chi connectivity index (χ2n) is 7.85. The van der Waals surface area contributed by atoms with Crippen LogP contribution in [-0.2, 0) is 17.7 Å². The van der Waals surface area contributed by atoms with Crippen LogP contribution < -0.4 is 4.90 Å². The lowest BCUT2D eigenvalue weighted by molar-refractivity contribution is 0.0661. The molecule has 0 unspecified atom stereocenters.